The maximum Gasteiger partial charge on any atom is 0.275 e. The second-order valence-electron chi connectivity index (χ2n) is 3.42. The molecule has 0 aliphatic heterocycles. The zero-order valence-electron chi connectivity index (χ0n) is 8.37. The van der Waals surface area contributed by atoms with Crippen LogP contribution in [0.1, 0.15) is 19.2 Å². The predicted octanol–water partition coefficient (Wildman–Crippen LogP) is 1.21. The molecule has 74 valence electrons. The number of rotatable bonds is 2. The van der Waals surface area contributed by atoms with Crippen molar-refractivity contribution in [1.82, 2.24) is 14.5 Å². The summed E-state index contributed by atoms with van der Waals surface area (Å²) in [5.74, 6) is 0.774. The quantitative estimate of drug-likeness (QED) is 0.775. The van der Waals surface area contributed by atoms with Crippen molar-refractivity contribution in [1.29, 1.82) is 0 Å². The third kappa shape index (κ3) is 1.32. The smallest absolute Gasteiger partial charge is 0.275 e. The number of aryl methyl sites for hydroxylation is 2. The molecule has 0 radical (unpaired) electrons. The van der Waals surface area contributed by atoms with Crippen LogP contribution in [-0.4, -0.2) is 14.5 Å². The van der Waals surface area contributed by atoms with E-state index in [2.05, 4.69) is 16.9 Å². The minimum Gasteiger partial charge on any atom is -0.345 e. The van der Waals surface area contributed by atoms with Crippen LogP contribution in [0.5, 0.6) is 0 Å². The standard InChI is InChI=1S/C10H13N3O/c1-3-4-8-11-7-5-6-13(2)9(7)10(14)12-8/h5-6H,3-4H2,1-2H3,(H,11,12,14). The van der Waals surface area contributed by atoms with Gasteiger partial charge in [-0.1, -0.05) is 6.92 Å². The van der Waals surface area contributed by atoms with Crippen molar-refractivity contribution in [2.45, 2.75) is 19.8 Å². The molecule has 14 heavy (non-hydrogen) atoms. The number of fused-ring (bicyclic) bond motifs is 1. The van der Waals surface area contributed by atoms with E-state index in [1.807, 2.05) is 19.3 Å². The molecule has 0 aliphatic carbocycles. The molecule has 0 spiro atoms. The van der Waals surface area contributed by atoms with E-state index < -0.39 is 0 Å². The van der Waals surface area contributed by atoms with Gasteiger partial charge in [0.1, 0.15) is 11.3 Å². The molecule has 2 aromatic heterocycles. The fourth-order valence-electron chi connectivity index (χ4n) is 1.60. The monoisotopic (exact) mass is 191 g/mol. The molecule has 2 aromatic rings. The first-order valence-corrected chi connectivity index (χ1v) is 4.76. The average Bonchev–Trinajstić information content (AvgIpc) is 2.48. The topological polar surface area (TPSA) is 50.7 Å². The fourth-order valence-corrected chi connectivity index (χ4v) is 1.60. The highest BCUT2D eigenvalue weighted by atomic mass is 16.1. The van der Waals surface area contributed by atoms with Crippen molar-refractivity contribution in [3.8, 4) is 0 Å². The third-order valence-electron chi connectivity index (χ3n) is 2.27. The van der Waals surface area contributed by atoms with E-state index in [-0.39, 0.29) is 5.56 Å². The molecule has 4 nitrogen and oxygen atoms in total. The summed E-state index contributed by atoms with van der Waals surface area (Å²) >= 11 is 0. The van der Waals surface area contributed by atoms with Gasteiger partial charge < -0.3 is 9.55 Å². The summed E-state index contributed by atoms with van der Waals surface area (Å²) in [5, 5.41) is 0. The van der Waals surface area contributed by atoms with Gasteiger partial charge in [0, 0.05) is 19.7 Å². The number of hydrogen-bond acceptors (Lipinski definition) is 2. The SMILES string of the molecule is CCCc1nc2ccn(C)c2c(=O)[nH]1. The van der Waals surface area contributed by atoms with Gasteiger partial charge >= 0.3 is 0 Å². The van der Waals surface area contributed by atoms with E-state index in [0.29, 0.717) is 5.52 Å². The molecule has 4 heteroatoms. The van der Waals surface area contributed by atoms with E-state index in [1.165, 1.54) is 0 Å². The minimum atomic E-state index is -0.0500. The third-order valence-corrected chi connectivity index (χ3v) is 2.27. The summed E-state index contributed by atoms with van der Waals surface area (Å²) in [7, 11) is 1.85. The Morgan fingerprint density at radius 1 is 1.57 bits per heavy atom. The molecule has 0 aliphatic rings. The van der Waals surface area contributed by atoms with Gasteiger partial charge in [-0.2, -0.15) is 0 Å². The van der Waals surface area contributed by atoms with Crippen LogP contribution < -0.4 is 5.56 Å². The van der Waals surface area contributed by atoms with Crippen LogP contribution in [0.2, 0.25) is 0 Å². The summed E-state index contributed by atoms with van der Waals surface area (Å²) in [6, 6.07) is 1.86. The Hall–Kier alpha value is -1.58. The molecular weight excluding hydrogens is 178 g/mol. The second-order valence-corrected chi connectivity index (χ2v) is 3.42. The molecule has 0 aromatic carbocycles. The highest BCUT2D eigenvalue weighted by Gasteiger charge is 2.05. The van der Waals surface area contributed by atoms with Gasteiger partial charge in [-0.25, -0.2) is 4.98 Å². The van der Waals surface area contributed by atoms with E-state index in [9.17, 15) is 4.79 Å². The molecule has 2 heterocycles. The van der Waals surface area contributed by atoms with Gasteiger partial charge in [-0.05, 0) is 12.5 Å². The van der Waals surface area contributed by atoms with E-state index in [4.69, 9.17) is 0 Å². The lowest BCUT2D eigenvalue weighted by Crippen LogP contribution is -2.13. The van der Waals surface area contributed by atoms with E-state index in [1.54, 1.807) is 4.57 Å². The largest absolute Gasteiger partial charge is 0.345 e. The highest BCUT2D eigenvalue weighted by Crippen LogP contribution is 2.07. The van der Waals surface area contributed by atoms with Crippen molar-refractivity contribution < 1.29 is 0 Å². The first-order valence-electron chi connectivity index (χ1n) is 4.76. The maximum atomic E-state index is 11.6. The molecule has 0 saturated heterocycles. The number of aromatic amines is 1. The van der Waals surface area contributed by atoms with Gasteiger partial charge in [-0.3, -0.25) is 4.79 Å². The number of nitrogens with one attached hydrogen (secondary N) is 1. The first-order chi connectivity index (χ1) is 6.72. The summed E-state index contributed by atoms with van der Waals surface area (Å²) < 4.78 is 1.79. The predicted molar refractivity (Wildman–Crippen MR) is 55.3 cm³/mol. The Kier molecular flexibility index (Phi) is 2.11. The average molecular weight is 191 g/mol. The van der Waals surface area contributed by atoms with Crippen LogP contribution in [0.15, 0.2) is 17.1 Å². The Labute approximate surface area is 81.6 Å². The summed E-state index contributed by atoms with van der Waals surface area (Å²) in [4.78, 5) is 18.8. The lowest BCUT2D eigenvalue weighted by Gasteiger charge is -1.99. The highest BCUT2D eigenvalue weighted by molar-refractivity contribution is 5.74. The second kappa shape index (κ2) is 3.29. The van der Waals surface area contributed by atoms with Crippen molar-refractivity contribution in [2.75, 3.05) is 0 Å². The summed E-state index contributed by atoms with van der Waals surface area (Å²) in [6.45, 7) is 2.06. The van der Waals surface area contributed by atoms with Gasteiger partial charge in [0.2, 0.25) is 0 Å². The number of aromatic nitrogens is 3. The van der Waals surface area contributed by atoms with Crippen molar-refractivity contribution in [3.05, 3.63) is 28.4 Å². The molecule has 1 N–H and O–H groups in total. The number of nitrogens with zero attached hydrogens (tertiary/aromatic N) is 2. The minimum absolute atomic E-state index is 0.0500. The zero-order chi connectivity index (χ0) is 10.1. The Morgan fingerprint density at radius 2 is 2.36 bits per heavy atom. The Balaban J connectivity index is 2.68. The van der Waals surface area contributed by atoms with Crippen molar-refractivity contribution >= 4 is 11.0 Å². The van der Waals surface area contributed by atoms with Gasteiger partial charge in [-0.15, -0.1) is 0 Å². The van der Waals surface area contributed by atoms with Crippen molar-refractivity contribution in [3.63, 3.8) is 0 Å². The van der Waals surface area contributed by atoms with Crippen LogP contribution in [0, 0.1) is 0 Å². The maximum absolute atomic E-state index is 11.6. The molecule has 2 rings (SSSR count). The molecular formula is C10H13N3O. The lowest BCUT2D eigenvalue weighted by molar-refractivity contribution is 0.832. The number of H-pyrrole nitrogens is 1. The van der Waals surface area contributed by atoms with Gasteiger partial charge in [0.25, 0.3) is 5.56 Å². The Morgan fingerprint density at radius 3 is 3.07 bits per heavy atom. The van der Waals surface area contributed by atoms with Gasteiger partial charge in [0.15, 0.2) is 0 Å². The lowest BCUT2D eigenvalue weighted by atomic mass is 10.3. The van der Waals surface area contributed by atoms with Crippen LogP contribution >= 0.6 is 0 Å². The molecule has 0 atom stereocenters. The van der Waals surface area contributed by atoms with Crippen LogP contribution in [-0.2, 0) is 13.5 Å². The van der Waals surface area contributed by atoms with Crippen LogP contribution in [0.25, 0.3) is 11.0 Å². The molecule has 0 amide bonds. The first kappa shape index (κ1) is 8.99. The van der Waals surface area contributed by atoms with Crippen molar-refractivity contribution in [2.24, 2.45) is 7.05 Å². The molecule has 0 bridgehead atoms. The molecule has 0 saturated carbocycles. The van der Waals surface area contributed by atoms with Crippen LogP contribution in [0.3, 0.4) is 0 Å². The van der Waals surface area contributed by atoms with E-state index >= 15 is 0 Å². The van der Waals surface area contributed by atoms with Crippen LogP contribution in [0.4, 0.5) is 0 Å². The van der Waals surface area contributed by atoms with E-state index in [0.717, 1.165) is 24.2 Å². The zero-order valence-corrected chi connectivity index (χ0v) is 8.37. The van der Waals surface area contributed by atoms with Gasteiger partial charge in [0.05, 0.1) is 5.52 Å². The molecule has 0 fully saturated rings. The number of hydrogen-bond donors (Lipinski definition) is 1. The Bertz CT molecular complexity index is 510. The summed E-state index contributed by atoms with van der Waals surface area (Å²) in [6.07, 6.45) is 3.66. The summed E-state index contributed by atoms with van der Waals surface area (Å²) in [5.41, 5.74) is 1.37. The molecule has 0 unspecified atom stereocenters. The normalized spacial score (nSPS) is 11.0. The fraction of sp³-hybridized carbons (Fsp3) is 0.400.